The number of ether oxygens (including phenoxy) is 6. The lowest BCUT2D eigenvalue weighted by Crippen LogP contribution is -2.66. The number of hydrogen-bond acceptors (Lipinski definition) is 18. The lowest BCUT2D eigenvalue weighted by Gasteiger charge is -2.48. The van der Waals surface area contributed by atoms with Crippen LogP contribution in [-0.2, 0) is 33.2 Å². The molecule has 0 aromatic carbocycles. The standard InChI is InChI=1S/C65H125NO18/c1-3-5-7-9-11-13-15-17-19-21-22-23-24-25-27-28-30-32-34-36-38-40-42-49(70)48(66-53(71)43-41-39-37-35-33-31-29-26-20-18-16-14-12-10-8-6-4-2)47-79-63-59(77)56(74)61(51(45-68)81-63)84-65-60(78)57(75)62(52(46-69)82-65)83-64-58(76)55(73)54(72)50(44-67)80-64/h48-52,54-65,67-70,72-78H,3-47H2,1-2H3,(H,66,71). The Kier molecular flexibility index (Phi) is 44.6. The van der Waals surface area contributed by atoms with Crippen molar-refractivity contribution in [1.82, 2.24) is 5.32 Å². The average Bonchev–Trinajstić information content (AvgIpc) is 2.87. The van der Waals surface area contributed by atoms with Gasteiger partial charge in [-0.3, -0.25) is 4.79 Å². The van der Waals surface area contributed by atoms with E-state index in [-0.39, 0.29) is 18.9 Å². The van der Waals surface area contributed by atoms with Crippen LogP contribution < -0.4 is 5.32 Å². The Labute approximate surface area is 506 Å². The molecule has 3 heterocycles. The molecule has 19 heteroatoms. The number of hydrogen-bond donors (Lipinski definition) is 12. The zero-order valence-electron chi connectivity index (χ0n) is 52.4. The second-order valence-corrected chi connectivity index (χ2v) is 25.0. The topological polar surface area (TPSA) is 307 Å². The first-order valence-electron chi connectivity index (χ1n) is 34.3. The number of nitrogens with one attached hydrogen (secondary N) is 1. The molecule has 0 radical (unpaired) electrons. The summed E-state index contributed by atoms with van der Waals surface area (Å²) in [5, 5.41) is 121. The fraction of sp³-hybridized carbons (Fsp3) is 0.985. The maximum atomic E-state index is 13.4. The molecular weight excluding hydrogens is 1080 g/mol. The monoisotopic (exact) mass is 1210 g/mol. The molecule has 0 aromatic rings. The fourth-order valence-electron chi connectivity index (χ4n) is 12.1. The zero-order chi connectivity index (χ0) is 61.2. The molecule has 84 heavy (non-hydrogen) atoms. The summed E-state index contributed by atoms with van der Waals surface area (Å²) < 4.78 is 34.4. The van der Waals surface area contributed by atoms with Crippen LogP contribution in [0.25, 0.3) is 0 Å². The van der Waals surface area contributed by atoms with Gasteiger partial charge in [0.15, 0.2) is 18.9 Å². The van der Waals surface area contributed by atoms with Crippen molar-refractivity contribution in [3.63, 3.8) is 0 Å². The van der Waals surface area contributed by atoms with Gasteiger partial charge in [-0.2, -0.15) is 0 Å². The van der Waals surface area contributed by atoms with Gasteiger partial charge in [0.1, 0.15) is 73.2 Å². The van der Waals surface area contributed by atoms with E-state index in [4.69, 9.17) is 28.4 Å². The van der Waals surface area contributed by atoms with Gasteiger partial charge in [-0.25, -0.2) is 0 Å². The van der Waals surface area contributed by atoms with Crippen LogP contribution in [0.4, 0.5) is 0 Å². The van der Waals surface area contributed by atoms with Gasteiger partial charge in [0.25, 0.3) is 0 Å². The molecule has 0 bridgehead atoms. The van der Waals surface area contributed by atoms with Crippen LogP contribution in [-0.4, -0.2) is 193 Å². The Balaban J connectivity index is 1.44. The number of carbonyl (C=O) groups excluding carboxylic acids is 1. The van der Waals surface area contributed by atoms with Crippen LogP contribution in [0.1, 0.15) is 277 Å². The van der Waals surface area contributed by atoms with Crippen molar-refractivity contribution in [3.05, 3.63) is 0 Å². The van der Waals surface area contributed by atoms with Crippen LogP contribution in [0.3, 0.4) is 0 Å². The van der Waals surface area contributed by atoms with E-state index in [1.807, 2.05) is 0 Å². The molecule has 0 aromatic heterocycles. The molecule has 498 valence electrons. The highest BCUT2D eigenvalue weighted by Crippen LogP contribution is 2.33. The predicted octanol–water partition coefficient (Wildman–Crippen LogP) is 8.33. The van der Waals surface area contributed by atoms with Gasteiger partial charge in [-0.15, -0.1) is 0 Å². The van der Waals surface area contributed by atoms with Crippen molar-refractivity contribution in [2.45, 2.75) is 381 Å². The van der Waals surface area contributed by atoms with Gasteiger partial charge < -0.3 is 89.9 Å². The SMILES string of the molecule is CCCCCCCCCCCCCCCCCCCCCCCCC(O)C(COC1OC(CO)C(OC2OC(CO)C(OC3OC(CO)C(O)C(O)C3O)C(O)C2O)C(O)C1O)NC(=O)CCCCCCCCCCCCCCCCCCC. The summed E-state index contributed by atoms with van der Waals surface area (Å²) in [6, 6.07) is -0.881. The Bertz CT molecular complexity index is 1540. The molecule has 3 saturated heterocycles. The van der Waals surface area contributed by atoms with E-state index in [2.05, 4.69) is 19.2 Å². The van der Waals surface area contributed by atoms with Crippen LogP contribution in [0.5, 0.6) is 0 Å². The first-order valence-corrected chi connectivity index (χ1v) is 34.3. The Morgan fingerprint density at radius 2 is 0.679 bits per heavy atom. The number of unbranched alkanes of at least 4 members (excludes halogenated alkanes) is 37. The summed E-state index contributed by atoms with van der Waals surface area (Å²) in [4.78, 5) is 13.4. The largest absolute Gasteiger partial charge is 0.394 e. The molecule has 1 amide bonds. The van der Waals surface area contributed by atoms with Crippen molar-refractivity contribution in [1.29, 1.82) is 0 Å². The summed E-state index contributed by atoms with van der Waals surface area (Å²) in [5.74, 6) is -0.236. The molecule has 17 unspecified atom stereocenters. The van der Waals surface area contributed by atoms with Crippen LogP contribution in [0.2, 0.25) is 0 Å². The third-order valence-electron chi connectivity index (χ3n) is 17.7. The number of aliphatic hydroxyl groups is 11. The highest BCUT2D eigenvalue weighted by molar-refractivity contribution is 5.76. The fourth-order valence-corrected chi connectivity index (χ4v) is 12.1. The minimum atomic E-state index is -1.97. The second kappa shape index (κ2) is 48.6. The molecule has 12 N–H and O–H groups in total. The lowest BCUT2D eigenvalue weighted by atomic mass is 9.96. The number of carbonyl (C=O) groups is 1. The zero-order valence-corrected chi connectivity index (χ0v) is 52.4. The van der Waals surface area contributed by atoms with E-state index in [1.165, 1.54) is 199 Å². The summed E-state index contributed by atoms with van der Waals surface area (Å²) >= 11 is 0. The van der Waals surface area contributed by atoms with E-state index in [1.54, 1.807) is 0 Å². The molecule has 3 fully saturated rings. The lowest BCUT2D eigenvalue weighted by molar-refractivity contribution is -0.379. The third kappa shape index (κ3) is 31.0. The Morgan fingerprint density at radius 1 is 0.381 bits per heavy atom. The first kappa shape index (κ1) is 77.0. The van der Waals surface area contributed by atoms with E-state index in [0.29, 0.717) is 12.8 Å². The van der Waals surface area contributed by atoms with Crippen molar-refractivity contribution < 1.29 is 89.4 Å². The average molecular weight is 1210 g/mol. The minimum Gasteiger partial charge on any atom is -0.394 e. The maximum absolute atomic E-state index is 13.4. The molecule has 3 rings (SSSR count). The smallest absolute Gasteiger partial charge is 0.220 e. The molecule has 0 spiro atoms. The Hall–Kier alpha value is -1.21. The highest BCUT2D eigenvalue weighted by atomic mass is 16.8. The van der Waals surface area contributed by atoms with Crippen LogP contribution in [0, 0.1) is 0 Å². The number of rotatable bonds is 53. The third-order valence-corrected chi connectivity index (χ3v) is 17.7. The summed E-state index contributed by atoms with van der Waals surface area (Å²) in [7, 11) is 0. The van der Waals surface area contributed by atoms with E-state index >= 15 is 0 Å². The van der Waals surface area contributed by atoms with Crippen LogP contribution in [0.15, 0.2) is 0 Å². The molecule has 0 saturated carbocycles. The van der Waals surface area contributed by atoms with Gasteiger partial charge >= 0.3 is 0 Å². The minimum absolute atomic E-state index is 0.236. The summed E-state index contributed by atoms with van der Waals surface area (Å²) in [5.41, 5.74) is 0. The predicted molar refractivity (Wildman–Crippen MR) is 324 cm³/mol. The molecule has 3 aliphatic rings. The van der Waals surface area contributed by atoms with Gasteiger partial charge in [0, 0.05) is 6.42 Å². The van der Waals surface area contributed by atoms with Crippen molar-refractivity contribution >= 4 is 5.91 Å². The van der Waals surface area contributed by atoms with E-state index < -0.39 is 124 Å². The summed E-state index contributed by atoms with van der Waals surface area (Å²) in [6.45, 7) is 1.84. The van der Waals surface area contributed by atoms with Crippen molar-refractivity contribution in [2.24, 2.45) is 0 Å². The van der Waals surface area contributed by atoms with Gasteiger partial charge in [0.2, 0.25) is 5.91 Å². The molecule has 17 atom stereocenters. The quantitative estimate of drug-likeness (QED) is 0.0255. The number of aliphatic hydroxyl groups excluding tert-OH is 11. The van der Waals surface area contributed by atoms with Gasteiger partial charge in [-0.1, -0.05) is 258 Å². The van der Waals surface area contributed by atoms with Crippen molar-refractivity contribution in [2.75, 3.05) is 26.4 Å². The highest BCUT2D eigenvalue weighted by Gasteiger charge is 2.53. The second-order valence-electron chi connectivity index (χ2n) is 25.0. The maximum Gasteiger partial charge on any atom is 0.220 e. The van der Waals surface area contributed by atoms with Gasteiger partial charge in [-0.05, 0) is 12.8 Å². The van der Waals surface area contributed by atoms with Crippen molar-refractivity contribution in [3.8, 4) is 0 Å². The molecule has 3 aliphatic heterocycles. The molecular formula is C65H125NO18. The summed E-state index contributed by atoms with van der Waals surface area (Å²) in [6.07, 6.45) is 23.2. The van der Waals surface area contributed by atoms with Crippen LogP contribution >= 0.6 is 0 Å². The van der Waals surface area contributed by atoms with E-state index in [0.717, 1.165) is 44.9 Å². The Morgan fingerprint density at radius 3 is 1.04 bits per heavy atom. The normalized spacial score (nSPS) is 29.1. The molecule has 19 nitrogen and oxygen atoms in total. The van der Waals surface area contributed by atoms with Gasteiger partial charge in [0.05, 0.1) is 38.6 Å². The number of amides is 1. The first-order chi connectivity index (χ1) is 40.8. The van der Waals surface area contributed by atoms with E-state index in [9.17, 15) is 61.0 Å². The molecule has 0 aliphatic carbocycles.